The average Bonchev–Trinajstić information content (AvgIpc) is 2.53. The van der Waals surface area contributed by atoms with Crippen LogP contribution in [0, 0.1) is 6.92 Å². The smallest absolute Gasteiger partial charge is 0.254 e. The van der Waals surface area contributed by atoms with Gasteiger partial charge in [0.25, 0.3) is 5.91 Å². The van der Waals surface area contributed by atoms with Gasteiger partial charge in [0.05, 0.1) is 0 Å². The first-order valence-corrected chi connectivity index (χ1v) is 9.78. The molecular formula is C17H18Cl3N3O2S. The number of rotatable bonds is 6. The number of halogens is 3. The van der Waals surface area contributed by atoms with Crippen LogP contribution in [0.25, 0.3) is 0 Å². The molecular weight excluding hydrogens is 417 g/mol. The Bertz CT molecular complexity index is 755. The van der Waals surface area contributed by atoms with E-state index in [2.05, 4.69) is 15.3 Å². The molecule has 2 rings (SSSR count). The van der Waals surface area contributed by atoms with Crippen LogP contribution in [-0.2, 0) is 0 Å². The Morgan fingerprint density at radius 1 is 1.19 bits per heavy atom. The number of alkyl halides is 3. The summed E-state index contributed by atoms with van der Waals surface area (Å²) in [7, 11) is 0. The summed E-state index contributed by atoms with van der Waals surface area (Å²) in [4.78, 5) is 21.0. The lowest BCUT2D eigenvalue weighted by molar-refractivity contribution is 0.0824. The van der Waals surface area contributed by atoms with Gasteiger partial charge >= 0.3 is 0 Å². The number of benzene rings is 1. The zero-order chi connectivity index (χ0) is 19.3. The highest BCUT2D eigenvalue weighted by atomic mass is 35.6. The van der Waals surface area contributed by atoms with Crippen molar-refractivity contribution < 1.29 is 9.53 Å². The summed E-state index contributed by atoms with van der Waals surface area (Å²) in [6.45, 7) is 5.87. The molecule has 9 heteroatoms. The fourth-order valence-electron chi connectivity index (χ4n) is 1.93. The van der Waals surface area contributed by atoms with E-state index in [1.807, 2.05) is 20.8 Å². The van der Waals surface area contributed by atoms with Crippen molar-refractivity contribution in [2.45, 2.75) is 41.2 Å². The maximum absolute atomic E-state index is 12.4. The van der Waals surface area contributed by atoms with Crippen molar-refractivity contribution in [3.8, 4) is 5.88 Å². The maximum Gasteiger partial charge on any atom is 0.254 e. The van der Waals surface area contributed by atoms with E-state index in [0.29, 0.717) is 21.7 Å². The van der Waals surface area contributed by atoms with E-state index < -0.39 is 15.9 Å². The molecule has 140 valence electrons. The number of thioether (sulfide) groups is 1. The molecule has 0 radical (unpaired) electrons. The SMILES string of the molecule is Cc1cc(O[C@@H](NC(=O)c2ccccc2)C(Cl)(Cl)Cl)nc(SC(C)C)n1. The average molecular weight is 435 g/mol. The summed E-state index contributed by atoms with van der Waals surface area (Å²) in [6.07, 6.45) is -1.23. The van der Waals surface area contributed by atoms with Gasteiger partial charge < -0.3 is 10.1 Å². The lowest BCUT2D eigenvalue weighted by Gasteiger charge is -2.26. The summed E-state index contributed by atoms with van der Waals surface area (Å²) in [5.41, 5.74) is 1.13. The van der Waals surface area contributed by atoms with Gasteiger partial charge in [0.1, 0.15) is 0 Å². The first-order chi connectivity index (χ1) is 12.1. The van der Waals surface area contributed by atoms with Crippen molar-refractivity contribution in [2.24, 2.45) is 0 Å². The fourth-order valence-corrected chi connectivity index (χ4v) is 2.99. The molecule has 1 amide bonds. The number of hydrogen-bond acceptors (Lipinski definition) is 5. The second kappa shape index (κ2) is 9.13. The van der Waals surface area contributed by atoms with Crippen LogP contribution in [0.3, 0.4) is 0 Å². The molecule has 2 aromatic rings. The molecule has 26 heavy (non-hydrogen) atoms. The van der Waals surface area contributed by atoms with Gasteiger partial charge in [0.2, 0.25) is 15.9 Å². The number of nitrogens with one attached hydrogen (secondary N) is 1. The highest BCUT2D eigenvalue weighted by molar-refractivity contribution is 7.99. The molecule has 1 heterocycles. The second-order valence-corrected chi connectivity index (χ2v) is 9.59. The lowest BCUT2D eigenvalue weighted by Crippen LogP contribution is -2.48. The van der Waals surface area contributed by atoms with Crippen LogP contribution >= 0.6 is 46.6 Å². The van der Waals surface area contributed by atoms with E-state index in [9.17, 15) is 4.79 Å². The first-order valence-electron chi connectivity index (χ1n) is 7.77. The molecule has 0 aliphatic heterocycles. The van der Waals surface area contributed by atoms with Gasteiger partial charge in [-0.05, 0) is 19.1 Å². The van der Waals surface area contributed by atoms with Crippen LogP contribution in [0.2, 0.25) is 0 Å². The molecule has 0 saturated heterocycles. The Hall–Kier alpha value is -1.21. The molecule has 1 atom stereocenters. The molecule has 1 aromatic carbocycles. The van der Waals surface area contributed by atoms with Gasteiger partial charge in [0, 0.05) is 22.6 Å². The van der Waals surface area contributed by atoms with E-state index in [0.717, 1.165) is 0 Å². The van der Waals surface area contributed by atoms with E-state index >= 15 is 0 Å². The van der Waals surface area contributed by atoms with Crippen molar-refractivity contribution in [3.05, 3.63) is 47.7 Å². The third-order valence-electron chi connectivity index (χ3n) is 2.99. The number of amides is 1. The summed E-state index contributed by atoms with van der Waals surface area (Å²) in [5, 5.41) is 3.42. The minimum Gasteiger partial charge on any atom is -0.449 e. The van der Waals surface area contributed by atoms with Crippen molar-refractivity contribution in [2.75, 3.05) is 0 Å². The topological polar surface area (TPSA) is 64.1 Å². The molecule has 0 fully saturated rings. The Balaban J connectivity index is 2.21. The predicted octanol–water partition coefficient (Wildman–Crippen LogP) is 4.79. The number of hydrogen-bond donors (Lipinski definition) is 1. The highest BCUT2D eigenvalue weighted by Gasteiger charge is 2.37. The quantitative estimate of drug-likeness (QED) is 0.306. The molecule has 1 aromatic heterocycles. The number of carbonyl (C=O) groups is 1. The van der Waals surface area contributed by atoms with E-state index in [4.69, 9.17) is 39.5 Å². The van der Waals surface area contributed by atoms with E-state index in [1.54, 1.807) is 36.4 Å². The van der Waals surface area contributed by atoms with Gasteiger partial charge in [-0.2, -0.15) is 4.98 Å². The van der Waals surface area contributed by atoms with Crippen molar-refractivity contribution >= 4 is 52.5 Å². The Labute approximate surface area is 171 Å². The van der Waals surface area contributed by atoms with Crippen LogP contribution in [0.5, 0.6) is 5.88 Å². The van der Waals surface area contributed by atoms with Gasteiger partial charge in [0.15, 0.2) is 5.16 Å². The molecule has 0 spiro atoms. The van der Waals surface area contributed by atoms with Crippen LogP contribution in [-0.4, -0.2) is 31.1 Å². The molecule has 0 unspecified atom stereocenters. The summed E-state index contributed by atoms with van der Waals surface area (Å²) in [6, 6.07) is 10.2. The fraction of sp³-hybridized carbons (Fsp3) is 0.353. The number of carbonyl (C=O) groups excluding carboxylic acids is 1. The summed E-state index contributed by atoms with van der Waals surface area (Å²) < 4.78 is 3.79. The van der Waals surface area contributed by atoms with Crippen LogP contribution in [0.1, 0.15) is 29.9 Å². The lowest BCUT2D eigenvalue weighted by atomic mass is 10.2. The van der Waals surface area contributed by atoms with Crippen LogP contribution < -0.4 is 10.1 Å². The maximum atomic E-state index is 12.4. The monoisotopic (exact) mass is 433 g/mol. The molecule has 0 aliphatic carbocycles. The third-order valence-corrected chi connectivity index (χ3v) is 4.44. The number of aryl methyl sites for hydroxylation is 1. The molecule has 5 nitrogen and oxygen atoms in total. The third kappa shape index (κ3) is 6.50. The largest absolute Gasteiger partial charge is 0.449 e. The standard InChI is InChI=1S/C17H18Cl3N3O2S/c1-10(2)26-16-21-11(3)9-13(22-16)25-15(17(18,19)20)23-14(24)12-7-5-4-6-8-12/h4-10,15H,1-3H3,(H,23,24)/t15-/m1/s1. The van der Waals surface area contributed by atoms with E-state index in [1.165, 1.54) is 11.8 Å². The predicted molar refractivity (Wildman–Crippen MR) is 106 cm³/mol. The summed E-state index contributed by atoms with van der Waals surface area (Å²) in [5.74, 6) is -0.213. The van der Waals surface area contributed by atoms with Gasteiger partial charge in [-0.15, -0.1) is 0 Å². The minimum atomic E-state index is -1.89. The van der Waals surface area contributed by atoms with Crippen LogP contribution in [0.4, 0.5) is 0 Å². The van der Waals surface area contributed by atoms with Crippen molar-refractivity contribution in [1.82, 2.24) is 15.3 Å². The highest BCUT2D eigenvalue weighted by Crippen LogP contribution is 2.32. The number of ether oxygens (including phenoxy) is 1. The second-order valence-electron chi connectivity index (χ2n) is 5.68. The molecule has 0 aliphatic rings. The van der Waals surface area contributed by atoms with E-state index in [-0.39, 0.29) is 5.88 Å². The van der Waals surface area contributed by atoms with Crippen molar-refractivity contribution in [3.63, 3.8) is 0 Å². The van der Waals surface area contributed by atoms with Crippen LogP contribution in [0.15, 0.2) is 41.6 Å². The Morgan fingerprint density at radius 3 is 2.42 bits per heavy atom. The first kappa shape index (κ1) is 21.1. The minimum absolute atomic E-state index is 0.213. The normalized spacial score (nSPS) is 12.7. The van der Waals surface area contributed by atoms with Crippen molar-refractivity contribution in [1.29, 1.82) is 0 Å². The Kier molecular flexibility index (Phi) is 7.41. The van der Waals surface area contributed by atoms with Gasteiger partial charge in [-0.1, -0.05) is 78.6 Å². The zero-order valence-electron chi connectivity index (χ0n) is 14.4. The van der Waals surface area contributed by atoms with Gasteiger partial charge in [-0.3, -0.25) is 4.79 Å². The molecule has 0 bridgehead atoms. The summed E-state index contributed by atoms with van der Waals surface area (Å²) >= 11 is 19.4. The number of nitrogens with zero attached hydrogens (tertiary/aromatic N) is 2. The Morgan fingerprint density at radius 2 is 1.85 bits per heavy atom. The number of aromatic nitrogens is 2. The molecule has 0 saturated carbocycles. The molecule has 1 N–H and O–H groups in total. The zero-order valence-corrected chi connectivity index (χ0v) is 17.5. The van der Waals surface area contributed by atoms with Gasteiger partial charge in [-0.25, -0.2) is 4.98 Å².